The minimum absolute atomic E-state index is 1.00. The molecule has 0 saturated carbocycles. The molecule has 0 atom stereocenters. The van der Waals surface area contributed by atoms with Gasteiger partial charge in [-0.15, -0.1) is 0 Å². The van der Waals surface area contributed by atoms with E-state index in [1.54, 1.807) is 11.8 Å². The molecule has 2 aromatic rings. The van der Waals surface area contributed by atoms with Crippen LogP contribution in [0.4, 0.5) is 0 Å². The molecule has 0 aliphatic carbocycles. The molecule has 0 spiro atoms. The highest BCUT2D eigenvalue weighted by molar-refractivity contribution is 7.99. The lowest BCUT2D eigenvalue weighted by Gasteiger charge is -1.99. The van der Waals surface area contributed by atoms with E-state index in [0.29, 0.717) is 0 Å². The minimum atomic E-state index is 1.00. The molecule has 21 heavy (non-hydrogen) atoms. The Kier molecular flexibility index (Phi) is 28.0. The van der Waals surface area contributed by atoms with Gasteiger partial charge in [0, 0.05) is 24.0 Å². The number of rotatable bonds is 2. The number of aliphatic hydroxyl groups excluding tert-OH is 2. The Morgan fingerprint density at radius 2 is 0.762 bits per heavy atom. The van der Waals surface area contributed by atoms with Gasteiger partial charge < -0.3 is 10.2 Å². The summed E-state index contributed by atoms with van der Waals surface area (Å²) in [4.78, 5) is 2.57. The normalized spacial score (nSPS) is 7.24. The topological polar surface area (TPSA) is 40.5 Å². The zero-order chi connectivity index (χ0) is 16.9. The van der Waals surface area contributed by atoms with E-state index in [-0.39, 0.29) is 0 Å². The van der Waals surface area contributed by atoms with Crippen LogP contribution in [0.3, 0.4) is 0 Å². The number of hydrogen-bond acceptors (Lipinski definition) is 3. The fraction of sp³-hybridized carbons (Fsp3) is 0.333. The van der Waals surface area contributed by atoms with Crippen LogP contribution >= 0.6 is 11.8 Å². The van der Waals surface area contributed by atoms with E-state index in [2.05, 4.69) is 48.5 Å². The van der Waals surface area contributed by atoms with Crippen LogP contribution in [-0.2, 0) is 0 Å². The van der Waals surface area contributed by atoms with Crippen molar-refractivity contribution in [3.63, 3.8) is 0 Å². The molecule has 2 nitrogen and oxygen atoms in total. The van der Waals surface area contributed by atoms with Gasteiger partial charge >= 0.3 is 0 Å². The maximum Gasteiger partial charge on any atom is 0.0319 e. The van der Waals surface area contributed by atoms with Crippen molar-refractivity contribution in [2.24, 2.45) is 0 Å². The van der Waals surface area contributed by atoms with Crippen molar-refractivity contribution in [2.45, 2.75) is 37.5 Å². The Morgan fingerprint density at radius 3 is 1.00 bits per heavy atom. The summed E-state index contributed by atoms with van der Waals surface area (Å²) in [6.07, 6.45) is 0. The molecule has 0 fully saturated rings. The van der Waals surface area contributed by atoms with Gasteiger partial charge in [0.05, 0.1) is 0 Å². The number of benzene rings is 2. The molecule has 0 bridgehead atoms. The molecule has 0 heterocycles. The summed E-state index contributed by atoms with van der Waals surface area (Å²) in [6.45, 7) is 8.00. The van der Waals surface area contributed by atoms with Gasteiger partial charge in [0.1, 0.15) is 0 Å². The standard InChI is InChI=1S/C12H10S.2C2H6.2CH4O/c1-3-7-11(8-4-1)13-12-9-5-2-6-10-12;4*1-2/h1-10H;2*1-2H3;2*2H,1H3. The molecular formula is C18H30O2S. The fourth-order valence-electron chi connectivity index (χ4n) is 1.11. The summed E-state index contributed by atoms with van der Waals surface area (Å²) in [5, 5.41) is 14.0. The second-order valence-electron chi connectivity index (χ2n) is 2.73. The predicted octanol–water partition coefficient (Wildman–Crippen LogP) is 5.11. The van der Waals surface area contributed by atoms with Crippen molar-refractivity contribution in [3.05, 3.63) is 60.7 Å². The van der Waals surface area contributed by atoms with E-state index in [1.807, 2.05) is 39.8 Å². The molecule has 0 amide bonds. The molecule has 120 valence electrons. The quantitative estimate of drug-likeness (QED) is 0.810. The molecule has 0 aliphatic heterocycles. The zero-order valence-electron chi connectivity index (χ0n) is 14.1. The lowest BCUT2D eigenvalue weighted by atomic mass is 10.4. The fourth-order valence-corrected chi connectivity index (χ4v) is 1.97. The third kappa shape index (κ3) is 14.9. The van der Waals surface area contributed by atoms with E-state index in [1.165, 1.54) is 9.79 Å². The van der Waals surface area contributed by atoms with Gasteiger partial charge in [-0.25, -0.2) is 0 Å². The molecule has 0 aliphatic rings. The smallest absolute Gasteiger partial charge is 0.0319 e. The third-order valence-corrected chi connectivity index (χ3v) is 2.74. The van der Waals surface area contributed by atoms with E-state index in [4.69, 9.17) is 10.2 Å². The molecule has 0 saturated heterocycles. The van der Waals surface area contributed by atoms with Crippen molar-refractivity contribution in [1.82, 2.24) is 0 Å². The van der Waals surface area contributed by atoms with Gasteiger partial charge in [0.2, 0.25) is 0 Å². The van der Waals surface area contributed by atoms with Gasteiger partial charge in [0.15, 0.2) is 0 Å². The summed E-state index contributed by atoms with van der Waals surface area (Å²) >= 11 is 1.79. The van der Waals surface area contributed by atoms with Crippen molar-refractivity contribution in [1.29, 1.82) is 0 Å². The minimum Gasteiger partial charge on any atom is -0.400 e. The molecule has 0 radical (unpaired) electrons. The molecule has 0 unspecified atom stereocenters. The van der Waals surface area contributed by atoms with Crippen molar-refractivity contribution in [3.8, 4) is 0 Å². The van der Waals surface area contributed by atoms with E-state index < -0.39 is 0 Å². The SMILES string of the molecule is CC.CC.CO.CO.c1ccc(Sc2ccccc2)cc1. The van der Waals surface area contributed by atoms with Crippen molar-refractivity contribution >= 4 is 11.8 Å². The number of hydrogen-bond donors (Lipinski definition) is 2. The molecule has 2 N–H and O–H groups in total. The van der Waals surface area contributed by atoms with Crippen LogP contribution in [0.1, 0.15) is 27.7 Å². The van der Waals surface area contributed by atoms with Gasteiger partial charge in [0.25, 0.3) is 0 Å². The lowest BCUT2D eigenvalue weighted by molar-refractivity contribution is 0.399. The number of aliphatic hydroxyl groups is 2. The Bertz CT molecular complexity index is 326. The highest BCUT2D eigenvalue weighted by atomic mass is 32.2. The molecule has 3 heteroatoms. The predicted molar refractivity (Wildman–Crippen MR) is 96.0 cm³/mol. The Morgan fingerprint density at radius 1 is 0.524 bits per heavy atom. The Labute approximate surface area is 134 Å². The summed E-state index contributed by atoms with van der Waals surface area (Å²) in [7, 11) is 2.00. The zero-order valence-corrected chi connectivity index (χ0v) is 14.9. The Balaban J connectivity index is -0.000000353. The second kappa shape index (κ2) is 23.8. The Hall–Kier alpha value is -1.29. The van der Waals surface area contributed by atoms with Crippen LogP contribution in [0, 0.1) is 0 Å². The first-order valence-corrected chi connectivity index (χ1v) is 7.94. The summed E-state index contributed by atoms with van der Waals surface area (Å²) in [6, 6.07) is 20.8. The summed E-state index contributed by atoms with van der Waals surface area (Å²) in [5.41, 5.74) is 0. The maximum absolute atomic E-state index is 7.00. The van der Waals surface area contributed by atoms with Crippen LogP contribution in [0.2, 0.25) is 0 Å². The van der Waals surface area contributed by atoms with Crippen molar-refractivity contribution in [2.75, 3.05) is 14.2 Å². The van der Waals surface area contributed by atoms with Gasteiger partial charge in [-0.2, -0.15) is 0 Å². The van der Waals surface area contributed by atoms with Gasteiger partial charge in [-0.05, 0) is 24.3 Å². The van der Waals surface area contributed by atoms with Crippen LogP contribution in [0.25, 0.3) is 0 Å². The first-order chi connectivity index (χ1) is 10.4. The van der Waals surface area contributed by atoms with E-state index >= 15 is 0 Å². The summed E-state index contributed by atoms with van der Waals surface area (Å²) < 4.78 is 0. The molecule has 2 rings (SSSR count). The van der Waals surface area contributed by atoms with Crippen LogP contribution in [-0.4, -0.2) is 24.4 Å². The first kappa shape index (κ1) is 24.7. The first-order valence-electron chi connectivity index (χ1n) is 7.12. The second-order valence-corrected chi connectivity index (χ2v) is 3.88. The van der Waals surface area contributed by atoms with Crippen LogP contribution < -0.4 is 0 Å². The van der Waals surface area contributed by atoms with Gasteiger partial charge in [-0.1, -0.05) is 75.9 Å². The van der Waals surface area contributed by atoms with Crippen LogP contribution in [0.15, 0.2) is 70.5 Å². The molecule has 0 aromatic heterocycles. The largest absolute Gasteiger partial charge is 0.400 e. The monoisotopic (exact) mass is 310 g/mol. The molecule has 2 aromatic carbocycles. The highest BCUT2D eigenvalue weighted by Gasteiger charge is 1.93. The van der Waals surface area contributed by atoms with Crippen molar-refractivity contribution < 1.29 is 10.2 Å². The highest BCUT2D eigenvalue weighted by Crippen LogP contribution is 2.26. The maximum atomic E-state index is 7.00. The van der Waals surface area contributed by atoms with Crippen LogP contribution in [0.5, 0.6) is 0 Å². The van der Waals surface area contributed by atoms with E-state index in [9.17, 15) is 0 Å². The average Bonchev–Trinajstić information content (AvgIpc) is 2.64. The van der Waals surface area contributed by atoms with Gasteiger partial charge in [-0.3, -0.25) is 0 Å². The summed E-state index contributed by atoms with van der Waals surface area (Å²) in [5.74, 6) is 0. The third-order valence-electron chi connectivity index (χ3n) is 1.72. The average molecular weight is 311 g/mol. The molecular weight excluding hydrogens is 280 g/mol. The van der Waals surface area contributed by atoms with E-state index in [0.717, 1.165) is 14.2 Å². The lowest BCUT2D eigenvalue weighted by Crippen LogP contribution is -1.70.